The number of benzene rings is 1. The Morgan fingerprint density at radius 1 is 1.12 bits per heavy atom. The van der Waals surface area contributed by atoms with Crippen LogP contribution in [0.1, 0.15) is 30.1 Å². The van der Waals surface area contributed by atoms with E-state index in [1.165, 1.54) is 0 Å². The predicted octanol–water partition coefficient (Wildman–Crippen LogP) is 3.71. The molecule has 0 radical (unpaired) electrons. The Kier molecular flexibility index (Phi) is 6.62. The van der Waals surface area contributed by atoms with Crippen molar-refractivity contribution in [2.45, 2.75) is 19.8 Å². The van der Waals surface area contributed by atoms with Crippen molar-refractivity contribution in [1.29, 1.82) is 0 Å². The van der Waals surface area contributed by atoms with Crippen LogP contribution in [0.3, 0.4) is 0 Å². The van der Waals surface area contributed by atoms with Gasteiger partial charge in [-0.25, -0.2) is 0 Å². The van der Waals surface area contributed by atoms with E-state index in [0.717, 1.165) is 30.8 Å². The minimum atomic E-state index is -0.0306. The highest BCUT2D eigenvalue weighted by molar-refractivity contribution is 5.94. The summed E-state index contributed by atoms with van der Waals surface area (Å²) in [6.45, 7) is 2.84. The van der Waals surface area contributed by atoms with E-state index in [0.29, 0.717) is 17.1 Å². The lowest BCUT2D eigenvalue weighted by atomic mass is 10.2. The molecule has 134 valence electrons. The summed E-state index contributed by atoms with van der Waals surface area (Å²) in [5, 5.41) is 3.24. The molecule has 6 nitrogen and oxygen atoms in total. The Labute approximate surface area is 148 Å². The molecule has 1 aromatic carbocycles. The van der Waals surface area contributed by atoms with Crippen molar-refractivity contribution in [3.8, 4) is 11.5 Å². The smallest absolute Gasteiger partial charge is 0.255 e. The van der Waals surface area contributed by atoms with Crippen LogP contribution in [0.5, 0.6) is 11.5 Å². The van der Waals surface area contributed by atoms with Gasteiger partial charge >= 0.3 is 0 Å². The topological polar surface area (TPSA) is 63.7 Å². The Bertz CT molecular complexity index is 719. The van der Waals surface area contributed by atoms with Gasteiger partial charge < -0.3 is 19.7 Å². The van der Waals surface area contributed by atoms with Crippen LogP contribution < -0.4 is 14.8 Å². The number of nitrogens with zero attached hydrogens (tertiary/aromatic N) is 2. The van der Waals surface area contributed by atoms with Gasteiger partial charge in [0.15, 0.2) is 11.5 Å². The Hall–Kier alpha value is -2.76. The monoisotopic (exact) mass is 343 g/mol. The molecule has 6 heteroatoms. The van der Waals surface area contributed by atoms with Crippen LogP contribution in [-0.4, -0.2) is 43.6 Å². The van der Waals surface area contributed by atoms with Crippen LogP contribution in [0.15, 0.2) is 36.7 Å². The third-order valence-electron chi connectivity index (χ3n) is 3.85. The summed E-state index contributed by atoms with van der Waals surface area (Å²) >= 11 is 0. The highest BCUT2D eigenvalue weighted by Gasteiger charge is 2.12. The molecule has 0 fully saturated rings. The number of hydrogen-bond donors (Lipinski definition) is 1. The normalized spacial score (nSPS) is 10.2. The summed E-state index contributed by atoms with van der Waals surface area (Å²) in [4.78, 5) is 18.4. The molecule has 1 heterocycles. The molecular formula is C19H25N3O3. The van der Waals surface area contributed by atoms with Crippen molar-refractivity contribution < 1.29 is 14.3 Å². The maximum Gasteiger partial charge on any atom is 0.255 e. The molecule has 25 heavy (non-hydrogen) atoms. The van der Waals surface area contributed by atoms with E-state index in [4.69, 9.17) is 9.47 Å². The molecule has 0 bridgehead atoms. The second kappa shape index (κ2) is 8.92. The molecule has 0 aliphatic rings. The van der Waals surface area contributed by atoms with Crippen LogP contribution in [0.25, 0.3) is 0 Å². The van der Waals surface area contributed by atoms with Crippen LogP contribution in [0, 0.1) is 0 Å². The van der Waals surface area contributed by atoms with Gasteiger partial charge in [0, 0.05) is 31.5 Å². The molecule has 0 saturated carbocycles. The Morgan fingerprint density at radius 2 is 1.88 bits per heavy atom. The van der Waals surface area contributed by atoms with E-state index < -0.39 is 0 Å². The zero-order valence-electron chi connectivity index (χ0n) is 15.2. The van der Waals surface area contributed by atoms with E-state index in [-0.39, 0.29) is 5.91 Å². The number of rotatable bonds is 8. The number of unbranched alkanes of at least 4 members (excludes halogenated alkanes) is 1. The third-order valence-corrected chi connectivity index (χ3v) is 3.85. The summed E-state index contributed by atoms with van der Waals surface area (Å²) in [6, 6.07) is 7.33. The fourth-order valence-corrected chi connectivity index (χ4v) is 2.42. The maximum absolute atomic E-state index is 12.5. The lowest BCUT2D eigenvalue weighted by Gasteiger charge is -2.17. The maximum atomic E-state index is 12.5. The van der Waals surface area contributed by atoms with Gasteiger partial charge in [0.1, 0.15) is 0 Å². The van der Waals surface area contributed by atoms with E-state index in [1.54, 1.807) is 37.6 Å². The minimum Gasteiger partial charge on any atom is -0.493 e. The van der Waals surface area contributed by atoms with Gasteiger partial charge in [0.2, 0.25) is 0 Å². The standard InChI is InChI=1S/C19H25N3O3/c1-5-6-9-22(2)19(23)14-10-16(13-20-12-14)21-15-7-8-17(24-3)18(11-15)25-4/h7-8,10-13,21H,5-6,9H2,1-4H3. The highest BCUT2D eigenvalue weighted by atomic mass is 16.5. The van der Waals surface area contributed by atoms with Crippen molar-refractivity contribution in [2.75, 3.05) is 33.1 Å². The molecule has 2 rings (SSSR count). The van der Waals surface area contributed by atoms with Crippen LogP contribution >= 0.6 is 0 Å². The Balaban J connectivity index is 2.15. The van der Waals surface area contributed by atoms with E-state index in [9.17, 15) is 4.79 Å². The number of pyridine rings is 1. The van der Waals surface area contributed by atoms with Gasteiger partial charge in [-0.3, -0.25) is 9.78 Å². The summed E-state index contributed by atoms with van der Waals surface area (Å²) in [6.07, 6.45) is 5.31. The largest absolute Gasteiger partial charge is 0.493 e. The SMILES string of the molecule is CCCCN(C)C(=O)c1cncc(Nc2ccc(OC)c(OC)c2)c1. The van der Waals surface area contributed by atoms with E-state index >= 15 is 0 Å². The Morgan fingerprint density at radius 3 is 2.56 bits per heavy atom. The fourth-order valence-electron chi connectivity index (χ4n) is 2.42. The molecule has 0 unspecified atom stereocenters. The number of hydrogen-bond acceptors (Lipinski definition) is 5. The minimum absolute atomic E-state index is 0.0306. The zero-order valence-corrected chi connectivity index (χ0v) is 15.2. The van der Waals surface area contributed by atoms with Gasteiger partial charge in [-0.1, -0.05) is 13.3 Å². The van der Waals surface area contributed by atoms with Crippen LogP contribution in [0.2, 0.25) is 0 Å². The number of amides is 1. The first-order chi connectivity index (χ1) is 12.1. The molecule has 0 aliphatic carbocycles. The molecule has 1 N–H and O–H groups in total. The number of nitrogens with one attached hydrogen (secondary N) is 1. The van der Waals surface area contributed by atoms with Crippen molar-refractivity contribution in [2.24, 2.45) is 0 Å². The fraction of sp³-hybridized carbons (Fsp3) is 0.368. The second-order valence-electron chi connectivity index (χ2n) is 5.74. The molecule has 2 aromatic rings. The average Bonchev–Trinajstić information content (AvgIpc) is 2.65. The number of anilines is 2. The summed E-state index contributed by atoms with van der Waals surface area (Å²) < 4.78 is 10.5. The number of carbonyl (C=O) groups excluding carboxylic acids is 1. The van der Waals surface area contributed by atoms with E-state index in [2.05, 4.69) is 17.2 Å². The van der Waals surface area contributed by atoms with Crippen molar-refractivity contribution in [3.05, 3.63) is 42.2 Å². The number of carbonyl (C=O) groups is 1. The van der Waals surface area contributed by atoms with Gasteiger partial charge in [-0.05, 0) is 24.6 Å². The summed E-state index contributed by atoms with van der Waals surface area (Å²) in [7, 11) is 5.00. The number of ether oxygens (including phenoxy) is 2. The molecule has 0 atom stereocenters. The second-order valence-corrected chi connectivity index (χ2v) is 5.74. The predicted molar refractivity (Wildman–Crippen MR) is 98.9 cm³/mol. The number of aromatic nitrogens is 1. The van der Waals surface area contributed by atoms with Crippen molar-refractivity contribution in [3.63, 3.8) is 0 Å². The quantitative estimate of drug-likeness (QED) is 0.791. The van der Waals surface area contributed by atoms with Crippen LogP contribution in [-0.2, 0) is 0 Å². The number of methoxy groups -OCH3 is 2. The lowest BCUT2D eigenvalue weighted by molar-refractivity contribution is 0.0793. The lowest BCUT2D eigenvalue weighted by Crippen LogP contribution is -2.27. The van der Waals surface area contributed by atoms with Crippen LogP contribution in [0.4, 0.5) is 11.4 Å². The average molecular weight is 343 g/mol. The van der Waals surface area contributed by atoms with Gasteiger partial charge in [-0.15, -0.1) is 0 Å². The first kappa shape index (κ1) is 18.6. The molecule has 1 aromatic heterocycles. The van der Waals surface area contributed by atoms with E-state index in [1.807, 2.05) is 25.2 Å². The highest BCUT2D eigenvalue weighted by Crippen LogP contribution is 2.31. The summed E-state index contributed by atoms with van der Waals surface area (Å²) in [5.41, 5.74) is 2.12. The van der Waals surface area contributed by atoms with Crippen molar-refractivity contribution in [1.82, 2.24) is 9.88 Å². The molecule has 0 spiro atoms. The molecule has 1 amide bonds. The van der Waals surface area contributed by atoms with Gasteiger partial charge in [0.05, 0.1) is 31.7 Å². The third kappa shape index (κ3) is 4.86. The zero-order chi connectivity index (χ0) is 18.2. The first-order valence-electron chi connectivity index (χ1n) is 8.28. The van der Waals surface area contributed by atoms with Gasteiger partial charge in [-0.2, -0.15) is 0 Å². The molecule has 0 saturated heterocycles. The summed E-state index contributed by atoms with van der Waals surface area (Å²) in [5.74, 6) is 1.26. The molecular weight excluding hydrogens is 318 g/mol. The van der Waals surface area contributed by atoms with Gasteiger partial charge in [0.25, 0.3) is 5.91 Å². The first-order valence-corrected chi connectivity index (χ1v) is 8.28. The van der Waals surface area contributed by atoms with Crippen molar-refractivity contribution >= 4 is 17.3 Å². The molecule has 0 aliphatic heterocycles.